The summed E-state index contributed by atoms with van der Waals surface area (Å²) in [5, 5.41) is 13.2. The largest absolute Gasteiger partial charge is 0.542 e. The molecule has 2 rings (SSSR count). The van der Waals surface area contributed by atoms with Crippen molar-refractivity contribution in [3.05, 3.63) is 23.8 Å². The molecule has 1 heterocycles. The molecule has 1 aromatic carbocycles. The standard InChI is InChI=1S/C15H25NO2Si/c1-15(2,3)19(4,5)18-13-8-6-7-11-9-12(17)10-16-14(11)13/h6-8,12,16-17H,9-10H2,1-5H3. The molecule has 0 aliphatic carbocycles. The van der Waals surface area contributed by atoms with Gasteiger partial charge in [0.1, 0.15) is 5.75 Å². The number of para-hydroxylation sites is 1. The maximum atomic E-state index is 9.71. The molecular formula is C15H25NO2Si. The molecule has 3 nitrogen and oxygen atoms in total. The van der Waals surface area contributed by atoms with E-state index >= 15 is 0 Å². The number of aliphatic hydroxyl groups is 1. The molecule has 0 saturated heterocycles. The van der Waals surface area contributed by atoms with Gasteiger partial charge in [0.25, 0.3) is 8.32 Å². The van der Waals surface area contributed by atoms with Crippen molar-refractivity contribution in [2.45, 2.75) is 51.4 Å². The van der Waals surface area contributed by atoms with E-state index in [9.17, 15) is 5.11 Å². The van der Waals surface area contributed by atoms with E-state index < -0.39 is 8.32 Å². The Morgan fingerprint density at radius 1 is 1.32 bits per heavy atom. The SMILES string of the molecule is CC(C)(C)[Si](C)(C)Oc1cccc2c1NCC(O)C2. The highest BCUT2D eigenvalue weighted by Gasteiger charge is 2.39. The fourth-order valence-electron chi connectivity index (χ4n) is 2.01. The van der Waals surface area contributed by atoms with Crippen LogP contribution in [0.15, 0.2) is 18.2 Å². The van der Waals surface area contributed by atoms with Gasteiger partial charge in [-0.05, 0) is 29.8 Å². The molecule has 0 amide bonds. The highest BCUT2D eigenvalue weighted by atomic mass is 28.4. The normalized spacial score (nSPS) is 19.6. The smallest absolute Gasteiger partial charge is 0.250 e. The number of fused-ring (bicyclic) bond motifs is 1. The molecular weight excluding hydrogens is 254 g/mol. The van der Waals surface area contributed by atoms with Gasteiger partial charge in [-0.1, -0.05) is 32.9 Å². The Morgan fingerprint density at radius 3 is 2.63 bits per heavy atom. The minimum Gasteiger partial charge on any atom is -0.542 e. The third kappa shape index (κ3) is 2.95. The van der Waals surface area contributed by atoms with Crippen LogP contribution < -0.4 is 9.74 Å². The summed E-state index contributed by atoms with van der Waals surface area (Å²) in [6.45, 7) is 11.8. The lowest BCUT2D eigenvalue weighted by atomic mass is 10.0. The molecule has 106 valence electrons. The van der Waals surface area contributed by atoms with Crippen molar-refractivity contribution in [1.82, 2.24) is 0 Å². The average molecular weight is 279 g/mol. The Hall–Kier alpha value is -1.00. The third-order valence-corrected chi connectivity index (χ3v) is 8.60. The van der Waals surface area contributed by atoms with E-state index in [0.717, 1.165) is 17.0 Å². The number of rotatable bonds is 2. The highest BCUT2D eigenvalue weighted by molar-refractivity contribution is 6.74. The van der Waals surface area contributed by atoms with Gasteiger partial charge in [-0.15, -0.1) is 0 Å². The Bertz CT molecular complexity index is 466. The first-order valence-corrected chi connectivity index (χ1v) is 9.84. The predicted molar refractivity (Wildman–Crippen MR) is 82.5 cm³/mol. The number of hydrogen-bond donors (Lipinski definition) is 2. The number of benzene rings is 1. The molecule has 1 aromatic rings. The lowest BCUT2D eigenvalue weighted by molar-refractivity contribution is 0.184. The van der Waals surface area contributed by atoms with Crippen molar-refractivity contribution in [2.24, 2.45) is 0 Å². The molecule has 0 saturated carbocycles. The van der Waals surface area contributed by atoms with Crippen LogP contribution in [0.2, 0.25) is 18.1 Å². The van der Waals surface area contributed by atoms with Crippen molar-refractivity contribution in [3.8, 4) is 5.75 Å². The molecule has 2 N–H and O–H groups in total. The van der Waals surface area contributed by atoms with Crippen molar-refractivity contribution in [2.75, 3.05) is 11.9 Å². The number of hydrogen-bond acceptors (Lipinski definition) is 3. The summed E-state index contributed by atoms with van der Waals surface area (Å²) in [5.41, 5.74) is 2.22. The molecule has 0 spiro atoms. The van der Waals surface area contributed by atoms with Gasteiger partial charge in [-0.3, -0.25) is 0 Å². The van der Waals surface area contributed by atoms with Gasteiger partial charge in [0.05, 0.1) is 11.8 Å². The summed E-state index contributed by atoms with van der Waals surface area (Å²) < 4.78 is 6.39. The third-order valence-electron chi connectivity index (χ3n) is 4.25. The lowest BCUT2D eigenvalue weighted by Crippen LogP contribution is -2.44. The molecule has 0 radical (unpaired) electrons. The maximum absolute atomic E-state index is 9.71. The minimum atomic E-state index is -1.82. The molecule has 1 unspecified atom stereocenters. The summed E-state index contributed by atoms with van der Waals surface area (Å²) in [7, 11) is -1.82. The fourth-order valence-corrected chi connectivity index (χ4v) is 3.03. The van der Waals surface area contributed by atoms with E-state index in [4.69, 9.17) is 4.43 Å². The van der Waals surface area contributed by atoms with E-state index in [2.05, 4.69) is 45.2 Å². The van der Waals surface area contributed by atoms with Crippen LogP contribution in [0.1, 0.15) is 26.3 Å². The van der Waals surface area contributed by atoms with Gasteiger partial charge in [0, 0.05) is 13.0 Å². The second-order valence-electron chi connectivity index (χ2n) is 6.89. The molecule has 19 heavy (non-hydrogen) atoms. The topological polar surface area (TPSA) is 41.5 Å². The first-order valence-electron chi connectivity index (χ1n) is 6.93. The van der Waals surface area contributed by atoms with Crippen molar-refractivity contribution >= 4 is 14.0 Å². The van der Waals surface area contributed by atoms with Crippen molar-refractivity contribution in [1.29, 1.82) is 0 Å². The zero-order valence-electron chi connectivity index (χ0n) is 12.6. The zero-order chi connectivity index (χ0) is 14.3. The molecule has 1 aliphatic rings. The Balaban J connectivity index is 2.30. The Morgan fingerprint density at radius 2 is 2.00 bits per heavy atom. The molecule has 0 fully saturated rings. The zero-order valence-corrected chi connectivity index (χ0v) is 13.6. The van der Waals surface area contributed by atoms with Crippen LogP contribution in [-0.2, 0) is 6.42 Å². The summed E-state index contributed by atoms with van der Waals surface area (Å²) in [6.07, 6.45) is 0.410. The van der Waals surface area contributed by atoms with Crippen molar-refractivity contribution < 1.29 is 9.53 Å². The monoisotopic (exact) mass is 279 g/mol. The fraction of sp³-hybridized carbons (Fsp3) is 0.600. The minimum absolute atomic E-state index is 0.184. The second kappa shape index (κ2) is 4.83. The molecule has 1 aliphatic heterocycles. The number of β-amino-alcohol motifs (C(OH)–C–C–N with tert-alkyl or cyclic N) is 1. The summed E-state index contributed by atoms with van der Waals surface area (Å²) in [5.74, 6) is 0.941. The van der Waals surface area contributed by atoms with Crippen LogP contribution in [0.3, 0.4) is 0 Å². The van der Waals surface area contributed by atoms with Gasteiger partial charge < -0.3 is 14.8 Å². The molecule has 0 bridgehead atoms. The van der Waals surface area contributed by atoms with E-state index in [0.29, 0.717) is 13.0 Å². The van der Waals surface area contributed by atoms with E-state index in [-0.39, 0.29) is 11.1 Å². The van der Waals surface area contributed by atoms with Gasteiger partial charge >= 0.3 is 0 Å². The van der Waals surface area contributed by atoms with Crippen LogP contribution in [0.4, 0.5) is 5.69 Å². The summed E-state index contributed by atoms with van der Waals surface area (Å²) in [6, 6.07) is 6.11. The van der Waals surface area contributed by atoms with Gasteiger partial charge in [0.15, 0.2) is 0 Å². The first-order chi connectivity index (χ1) is 8.71. The summed E-state index contributed by atoms with van der Waals surface area (Å²) in [4.78, 5) is 0. The number of anilines is 1. The van der Waals surface area contributed by atoms with Crippen molar-refractivity contribution in [3.63, 3.8) is 0 Å². The Labute approximate surface area is 117 Å². The van der Waals surface area contributed by atoms with Crippen LogP contribution in [0.5, 0.6) is 5.75 Å². The highest BCUT2D eigenvalue weighted by Crippen LogP contribution is 2.40. The summed E-state index contributed by atoms with van der Waals surface area (Å²) >= 11 is 0. The van der Waals surface area contributed by atoms with Gasteiger partial charge in [-0.25, -0.2) is 0 Å². The van der Waals surface area contributed by atoms with Gasteiger partial charge in [-0.2, -0.15) is 0 Å². The van der Waals surface area contributed by atoms with E-state index in [1.165, 1.54) is 0 Å². The lowest BCUT2D eigenvalue weighted by Gasteiger charge is -2.37. The average Bonchev–Trinajstić information content (AvgIpc) is 2.26. The molecule has 0 aromatic heterocycles. The van der Waals surface area contributed by atoms with Crippen LogP contribution in [-0.4, -0.2) is 26.1 Å². The quantitative estimate of drug-likeness (QED) is 0.815. The predicted octanol–water partition coefficient (Wildman–Crippen LogP) is 3.40. The van der Waals surface area contributed by atoms with Gasteiger partial charge in [0.2, 0.25) is 0 Å². The van der Waals surface area contributed by atoms with E-state index in [1.54, 1.807) is 0 Å². The number of aliphatic hydroxyl groups excluding tert-OH is 1. The van der Waals surface area contributed by atoms with Crippen LogP contribution >= 0.6 is 0 Å². The Kier molecular flexibility index (Phi) is 3.67. The second-order valence-corrected chi connectivity index (χ2v) is 11.6. The molecule has 4 heteroatoms. The maximum Gasteiger partial charge on any atom is 0.250 e. The number of nitrogens with one attached hydrogen (secondary N) is 1. The molecule has 1 atom stereocenters. The van der Waals surface area contributed by atoms with Crippen LogP contribution in [0.25, 0.3) is 0 Å². The van der Waals surface area contributed by atoms with Crippen LogP contribution in [0, 0.1) is 0 Å². The first kappa shape index (κ1) is 14.4. The van der Waals surface area contributed by atoms with E-state index in [1.807, 2.05) is 12.1 Å².